The first-order valence-electron chi connectivity index (χ1n) is 10.5. The van der Waals surface area contributed by atoms with Gasteiger partial charge in [-0.25, -0.2) is 23.8 Å². The third-order valence-corrected chi connectivity index (χ3v) is 5.25. The summed E-state index contributed by atoms with van der Waals surface area (Å²) in [5.41, 5.74) is 0.113. The Hall–Kier alpha value is -3.43. The van der Waals surface area contributed by atoms with Crippen LogP contribution in [0.1, 0.15) is 27.7 Å². The highest BCUT2D eigenvalue weighted by molar-refractivity contribution is 5.87. The Morgan fingerprint density at radius 1 is 1.22 bits per heavy atom. The van der Waals surface area contributed by atoms with Crippen molar-refractivity contribution >= 4 is 22.9 Å². The predicted molar refractivity (Wildman–Crippen MR) is 118 cm³/mol. The maximum atomic E-state index is 14.6. The van der Waals surface area contributed by atoms with Gasteiger partial charge < -0.3 is 19.3 Å². The van der Waals surface area contributed by atoms with E-state index in [1.54, 1.807) is 23.2 Å². The third-order valence-electron chi connectivity index (χ3n) is 5.25. The smallest absolute Gasteiger partial charge is 0.410 e. The Kier molecular flexibility index (Phi) is 5.62. The number of hydrogen-bond donors (Lipinski definition) is 0. The number of rotatable bonds is 3. The van der Waals surface area contributed by atoms with Crippen LogP contribution in [0.3, 0.4) is 0 Å². The quantitative estimate of drug-likeness (QED) is 0.614. The molecular weight excluding hydrogens is 415 g/mol. The molecule has 1 saturated heterocycles. The number of nitrogens with zero attached hydrogens (tertiary/aromatic N) is 6. The number of anilines is 1. The zero-order valence-electron chi connectivity index (χ0n) is 18.9. The summed E-state index contributed by atoms with van der Waals surface area (Å²) >= 11 is 0. The molecule has 4 rings (SSSR count). The fourth-order valence-corrected chi connectivity index (χ4v) is 3.82. The molecule has 0 saturated carbocycles. The summed E-state index contributed by atoms with van der Waals surface area (Å²) in [6.07, 6.45) is 2.83. The number of aromatic nitrogens is 4. The van der Waals surface area contributed by atoms with E-state index in [9.17, 15) is 9.18 Å². The Morgan fingerprint density at radius 2 is 2.00 bits per heavy atom. The molecule has 10 heteroatoms. The van der Waals surface area contributed by atoms with Crippen molar-refractivity contribution in [2.45, 2.75) is 39.3 Å². The zero-order chi connectivity index (χ0) is 23.0. The number of hydrogen-bond acceptors (Lipinski definition) is 7. The van der Waals surface area contributed by atoms with E-state index in [4.69, 9.17) is 9.47 Å². The summed E-state index contributed by atoms with van der Waals surface area (Å²) in [4.78, 5) is 25.0. The van der Waals surface area contributed by atoms with Crippen LogP contribution >= 0.6 is 0 Å². The second-order valence-corrected chi connectivity index (χ2v) is 8.77. The van der Waals surface area contributed by atoms with Gasteiger partial charge in [-0.2, -0.15) is 0 Å². The van der Waals surface area contributed by atoms with Gasteiger partial charge in [0.25, 0.3) is 0 Å². The number of halogens is 1. The zero-order valence-corrected chi connectivity index (χ0v) is 18.9. The first-order valence-corrected chi connectivity index (χ1v) is 10.5. The van der Waals surface area contributed by atoms with Crippen LogP contribution in [-0.4, -0.2) is 69.1 Å². The van der Waals surface area contributed by atoms with Crippen LogP contribution in [0.4, 0.5) is 15.0 Å². The summed E-state index contributed by atoms with van der Waals surface area (Å²) in [6, 6.07) is 4.60. The SMILES string of the molecule is COc1cccc(F)c1-n1cc2c(N3CCN(C(=O)OC(C)(C)C)C[C@@H]3C)ncnc2n1. The van der Waals surface area contributed by atoms with Gasteiger partial charge in [0, 0.05) is 31.9 Å². The number of carbonyl (C=O) groups excluding carboxylic acids is 1. The van der Waals surface area contributed by atoms with Crippen molar-refractivity contribution in [2.75, 3.05) is 31.6 Å². The molecule has 32 heavy (non-hydrogen) atoms. The van der Waals surface area contributed by atoms with Crippen LogP contribution in [0.5, 0.6) is 5.75 Å². The molecule has 0 aliphatic carbocycles. The fraction of sp³-hybridized carbons (Fsp3) is 0.455. The Bertz CT molecular complexity index is 1140. The molecule has 0 radical (unpaired) electrons. The minimum Gasteiger partial charge on any atom is -0.494 e. The Balaban J connectivity index is 1.63. The topological polar surface area (TPSA) is 85.6 Å². The molecule has 1 atom stereocenters. The van der Waals surface area contributed by atoms with Gasteiger partial charge in [-0.1, -0.05) is 6.07 Å². The maximum Gasteiger partial charge on any atom is 0.410 e. The van der Waals surface area contributed by atoms with Crippen LogP contribution in [0, 0.1) is 5.82 Å². The van der Waals surface area contributed by atoms with Gasteiger partial charge in [0.15, 0.2) is 11.5 Å². The molecule has 0 bridgehead atoms. The van der Waals surface area contributed by atoms with Gasteiger partial charge in [0.05, 0.1) is 12.5 Å². The second kappa shape index (κ2) is 8.25. The van der Waals surface area contributed by atoms with Crippen molar-refractivity contribution in [3.63, 3.8) is 0 Å². The summed E-state index contributed by atoms with van der Waals surface area (Å²) in [5.74, 6) is 0.602. The molecule has 3 aromatic rings. The van der Waals surface area contributed by atoms with Crippen LogP contribution in [0.2, 0.25) is 0 Å². The van der Waals surface area contributed by atoms with E-state index in [0.29, 0.717) is 42.2 Å². The number of para-hydroxylation sites is 1. The first kappa shape index (κ1) is 21.8. The van der Waals surface area contributed by atoms with Crippen molar-refractivity contribution in [1.29, 1.82) is 0 Å². The van der Waals surface area contributed by atoms with Crippen LogP contribution < -0.4 is 9.64 Å². The molecule has 1 fully saturated rings. The molecule has 1 aliphatic rings. The van der Waals surface area contributed by atoms with Gasteiger partial charge in [-0.05, 0) is 39.8 Å². The predicted octanol–water partition coefficient (Wildman–Crippen LogP) is 3.41. The van der Waals surface area contributed by atoms with Crippen molar-refractivity contribution in [2.24, 2.45) is 0 Å². The molecule has 9 nitrogen and oxygen atoms in total. The van der Waals surface area contributed by atoms with Crippen LogP contribution in [0.25, 0.3) is 16.7 Å². The van der Waals surface area contributed by atoms with E-state index in [-0.39, 0.29) is 17.8 Å². The van der Waals surface area contributed by atoms with Gasteiger partial charge in [0.2, 0.25) is 0 Å². The average Bonchev–Trinajstić information content (AvgIpc) is 3.16. The number of amides is 1. The van der Waals surface area contributed by atoms with E-state index in [2.05, 4.69) is 20.0 Å². The molecule has 1 aliphatic heterocycles. The maximum absolute atomic E-state index is 14.6. The molecule has 0 unspecified atom stereocenters. The van der Waals surface area contributed by atoms with E-state index < -0.39 is 11.4 Å². The Morgan fingerprint density at radius 3 is 2.69 bits per heavy atom. The molecule has 3 heterocycles. The summed E-state index contributed by atoms with van der Waals surface area (Å²) in [7, 11) is 1.48. The van der Waals surface area contributed by atoms with E-state index >= 15 is 0 Å². The average molecular weight is 442 g/mol. The van der Waals surface area contributed by atoms with Crippen molar-refractivity contribution in [1.82, 2.24) is 24.6 Å². The highest BCUT2D eigenvalue weighted by atomic mass is 19.1. The normalized spacial score (nSPS) is 17.0. The molecular formula is C22H27FN6O3. The lowest BCUT2D eigenvalue weighted by atomic mass is 10.1. The number of piperazine rings is 1. The summed E-state index contributed by atoms with van der Waals surface area (Å²) in [6.45, 7) is 9.14. The molecule has 1 aromatic carbocycles. The number of benzene rings is 1. The highest BCUT2D eigenvalue weighted by Crippen LogP contribution is 2.30. The minimum absolute atomic E-state index is 0.0132. The highest BCUT2D eigenvalue weighted by Gasteiger charge is 2.31. The van der Waals surface area contributed by atoms with E-state index in [1.165, 1.54) is 24.2 Å². The summed E-state index contributed by atoms with van der Waals surface area (Å²) in [5, 5.41) is 5.14. The number of ether oxygens (including phenoxy) is 2. The minimum atomic E-state index is -0.543. The van der Waals surface area contributed by atoms with Crippen molar-refractivity contribution in [3.8, 4) is 11.4 Å². The Labute approximate surface area is 185 Å². The van der Waals surface area contributed by atoms with Gasteiger partial charge in [0.1, 0.15) is 29.2 Å². The second-order valence-electron chi connectivity index (χ2n) is 8.77. The molecule has 0 N–H and O–H groups in total. The molecule has 1 amide bonds. The molecule has 170 valence electrons. The lowest BCUT2D eigenvalue weighted by Crippen LogP contribution is -2.54. The van der Waals surface area contributed by atoms with Gasteiger partial charge in [-0.15, -0.1) is 5.10 Å². The number of methoxy groups -OCH3 is 1. The van der Waals surface area contributed by atoms with Crippen LogP contribution in [-0.2, 0) is 4.74 Å². The standard InChI is InChI=1S/C22H27FN6O3/c1-14-11-27(21(30)32-22(2,3)4)9-10-28(14)20-15-12-29(26-19(15)24-13-25-20)18-16(23)7-6-8-17(18)31-5/h6-8,12-14H,9-11H2,1-5H3/t14-/m0/s1. The third kappa shape index (κ3) is 4.17. The number of fused-ring (bicyclic) bond motifs is 1. The van der Waals surface area contributed by atoms with E-state index in [0.717, 1.165) is 0 Å². The van der Waals surface area contributed by atoms with Crippen molar-refractivity contribution in [3.05, 3.63) is 36.5 Å². The fourth-order valence-electron chi connectivity index (χ4n) is 3.82. The van der Waals surface area contributed by atoms with Gasteiger partial charge in [-0.3, -0.25) is 0 Å². The van der Waals surface area contributed by atoms with Gasteiger partial charge >= 0.3 is 6.09 Å². The molecule has 0 spiro atoms. The summed E-state index contributed by atoms with van der Waals surface area (Å²) < 4.78 is 26.8. The molecule has 2 aromatic heterocycles. The van der Waals surface area contributed by atoms with Crippen molar-refractivity contribution < 1.29 is 18.7 Å². The first-order chi connectivity index (χ1) is 15.2. The largest absolute Gasteiger partial charge is 0.494 e. The lowest BCUT2D eigenvalue weighted by molar-refractivity contribution is 0.0218. The number of carbonyl (C=O) groups is 1. The van der Waals surface area contributed by atoms with Crippen LogP contribution in [0.15, 0.2) is 30.7 Å². The lowest BCUT2D eigenvalue weighted by Gasteiger charge is -2.40. The van der Waals surface area contributed by atoms with E-state index in [1.807, 2.05) is 27.7 Å². The monoisotopic (exact) mass is 442 g/mol.